The van der Waals surface area contributed by atoms with E-state index in [4.69, 9.17) is 18.9 Å². The molecular weight excluding hydrogens is 258 g/mol. The Morgan fingerprint density at radius 1 is 0.850 bits per heavy atom. The van der Waals surface area contributed by atoms with Crippen molar-refractivity contribution in [1.82, 2.24) is 5.32 Å². The van der Waals surface area contributed by atoms with E-state index in [-0.39, 0.29) is 5.41 Å². The highest BCUT2D eigenvalue weighted by Crippen LogP contribution is 2.24. The average molecular weight is 291 g/mol. The third kappa shape index (κ3) is 11.6. The van der Waals surface area contributed by atoms with Crippen molar-refractivity contribution >= 4 is 0 Å². The number of hydrogen-bond acceptors (Lipinski definition) is 5. The van der Waals surface area contributed by atoms with Crippen LogP contribution in [0.3, 0.4) is 0 Å². The highest BCUT2D eigenvalue weighted by atomic mass is 16.5. The highest BCUT2D eigenvalue weighted by Gasteiger charge is 2.21. The van der Waals surface area contributed by atoms with E-state index >= 15 is 0 Å². The second-order valence-electron chi connectivity index (χ2n) is 5.30. The number of ether oxygens (including phenoxy) is 4. The Morgan fingerprint density at radius 3 is 2.05 bits per heavy atom. The maximum absolute atomic E-state index is 5.62. The quantitative estimate of drug-likeness (QED) is 0.466. The third-order valence-electron chi connectivity index (χ3n) is 3.54. The van der Waals surface area contributed by atoms with Crippen molar-refractivity contribution in [2.75, 3.05) is 67.0 Å². The second kappa shape index (κ2) is 13.8. The van der Waals surface area contributed by atoms with Crippen molar-refractivity contribution in [2.24, 2.45) is 5.41 Å². The van der Waals surface area contributed by atoms with E-state index in [1.165, 1.54) is 0 Å². The second-order valence-corrected chi connectivity index (χ2v) is 5.30. The summed E-state index contributed by atoms with van der Waals surface area (Å²) in [4.78, 5) is 0. The molecule has 0 aliphatic carbocycles. The molecule has 5 nitrogen and oxygen atoms in total. The van der Waals surface area contributed by atoms with Crippen LogP contribution >= 0.6 is 0 Å². The summed E-state index contributed by atoms with van der Waals surface area (Å²) in [6, 6.07) is 0. The Morgan fingerprint density at radius 2 is 1.45 bits per heavy atom. The van der Waals surface area contributed by atoms with Crippen molar-refractivity contribution in [3.8, 4) is 0 Å². The van der Waals surface area contributed by atoms with E-state index < -0.39 is 0 Å². The SMILES string of the molecule is CCC(C)(CCOCCOCCOC)CNCCOC. The average Bonchev–Trinajstić information content (AvgIpc) is 2.46. The molecule has 20 heavy (non-hydrogen) atoms. The molecule has 0 aliphatic rings. The molecule has 5 heteroatoms. The van der Waals surface area contributed by atoms with E-state index in [9.17, 15) is 0 Å². The molecule has 0 aromatic carbocycles. The van der Waals surface area contributed by atoms with Gasteiger partial charge in [0.05, 0.1) is 33.0 Å². The van der Waals surface area contributed by atoms with Gasteiger partial charge in [-0.05, 0) is 18.3 Å². The molecule has 1 N–H and O–H groups in total. The molecule has 1 unspecified atom stereocenters. The molecule has 0 spiro atoms. The predicted octanol–water partition coefficient (Wildman–Crippen LogP) is 1.71. The van der Waals surface area contributed by atoms with Crippen LogP contribution in [0.5, 0.6) is 0 Å². The first-order valence-electron chi connectivity index (χ1n) is 7.52. The summed E-state index contributed by atoms with van der Waals surface area (Å²) in [6.45, 7) is 10.5. The molecule has 0 aromatic rings. The number of rotatable bonds is 15. The van der Waals surface area contributed by atoms with Gasteiger partial charge in [0.1, 0.15) is 0 Å². The largest absolute Gasteiger partial charge is 0.383 e. The molecule has 0 fully saturated rings. The van der Waals surface area contributed by atoms with Crippen LogP contribution in [0.25, 0.3) is 0 Å². The first kappa shape index (κ1) is 19.8. The minimum absolute atomic E-state index is 0.282. The molecule has 122 valence electrons. The van der Waals surface area contributed by atoms with E-state index in [0.29, 0.717) is 26.4 Å². The lowest BCUT2D eigenvalue weighted by Crippen LogP contribution is -2.34. The van der Waals surface area contributed by atoms with E-state index in [0.717, 1.165) is 39.1 Å². The van der Waals surface area contributed by atoms with Crippen LogP contribution in [0.15, 0.2) is 0 Å². The molecule has 1 atom stereocenters. The molecule has 0 amide bonds. The van der Waals surface area contributed by atoms with Crippen LogP contribution < -0.4 is 5.32 Å². The van der Waals surface area contributed by atoms with Gasteiger partial charge in [-0.2, -0.15) is 0 Å². The van der Waals surface area contributed by atoms with Crippen molar-refractivity contribution < 1.29 is 18.9 Å². The van der Waals surface area contributed by atoms with E-state index in [2.05, 4.69) is 19.2 Å². The van der Waals surface area contributed by atoms with E-state index in [1.54, 1.807) is 14.2 Å². The summed E-state index contributed by atoms with van der Waals surface area (Å²) in [5, 5.41) is 3.43. The Bertz CT molecular complexity index is 204. The molecular formula is C15H33NO4. The number of nitrogens with one attached hydrogen (secondary N) is 1. The molecule has 0 aliphatic heterocycles. The summed E-state index contributed by atoms with van der Waals surface area (Å²) in [7, 11) is 3.40. The van der Waals surface area contributed by atoms with Gasteiger partial charge in [-0.3, -0.25) is 0 Å². The molecule has 0 saturated carbocycles. The van der Waals surface area contributed by atoms with E-state index in [1.807, 2.05) is 0 Å². The zero-order chi connectivity index (χ0) is 15.1. The van der Waals surface area contributed by atoms with Crippen molar-refractivity contribution in [3.63, 3.8) is 0 Å². The van der Waals surface area contributed by atoms with Crippen LogP contribution in [0.4, 0.5) is 0 Å². The van der Waals surface area contributed by atoms with Crippen LogP contribution in [0.2, 0.25) is 0 Å². The van der Waals surface area contributed by atoms with Gasteiger partial charge in [0.15, 0.2) is 0 Å². The van der Waals surface area contributed by atoms with Crippen LogP contribution in [-0.4, -0.2) is 67.0 Å². The normalized spacial score (nSPS) is 14.4. The third-order valence-corrected chi connectivity index (χ3v) is 3.54. The van der Waals surface area contributed by atoms with Gasteiger partial charge in [0.25, 0.3) is 0 Å². The molecule has 0 aromatic heterocycles. The summed E-state index contributed by atoms with van der Waals surface area (Å²) in [5.41, 5.74) is 0.282. The summed E-state index contributed by atoms with van der Waals surface area (Å²) >= 11 is 0. The maximum Gasteiger partial charge on any atom is 0.0701 e. The summed E-state index contributed by atoms with van der Waals surface area (Å²) < 4.78 is 20.9. The van der Waals surface area contributed by atoms with Crippen LogP contribution in [0.1, 0.15) is 26.7 Å². The van der Waals surface area contributed by atoms with Gasteiger partial charge in [-0.1, -0.05) is 13.8 Å². The van der Waals surface area contributed by atoms with Gasteiger partial charge in [-0.25, -0.2) is 0 Å². The predicted molar refractivity (Wildman–Crippen MR) is 81.3 cm³/mol. The van der Waals surface area contributed by atoms with Gasteiger partial charge in [0, 0.05) is 33.9 Å². The minimum atomic E-state index is 0.282. The summed E-state index contributed by atoms with van der Waals surface area (Å²) in [5.74, 6) is 0. The Hall–Kier alpha value is -0.200. The Labute approximate surface area is 124 Å². The lowest BCUT2D eigenvalue weighted by atomic mass is 9.84. The fourth-order valence-electron chi connectivity index (χ4n) is 1.74. The zero-order valence-corrected chi connectivity index (χ0v) is 13.7. The fourth-order valence-corrected chi connectivity index (χ4v) is 1.74. The Balaban J connectivity index is 3.51. The molecule has 0 radical (unpaired) electrons. The maximum atomic E-state index is 5.62. The summed E-state index contributed by atoms with van der Waals surface area (Å²) in [6.07, 6.45) is 2.20. The molecule has 0 saturated heterocycles. The van der Waals surface area contributed by atoms with Gasteiger partial charge in [-0.15, -0.1) is 0 Å². The lowest BCUT2D eigenvalue weighted by Gasteiger charge is -2.28. The monoisotopic (exact) mass is 291 g/mol. The standard InChI is InChI=1S/C15H33NO4/c1-5-15(2,14-16-7-9-17-3)6-8-19-12-13-20-11-10-18-4/h16H,5-14H2,1-4H3. The van der Waals surface area contributed by atoms with Gasteiger partial charge >= 0.3 is 0 Å². The number of hydrogen-bond donors (Lipinski definition) is 1. The molecule has 0 bridgehead atoms. The van der Waals surface area contributed by atoms with Crippen LogP contribution in [0, 0.1) is 5.41 Å². The smallest absolute Gasteiger partial charge is 0.0701 e. The van der Waals surface area contributed by atoms with Gasteiger partial charge in [0.2, 0.25) is 0 Å². The first-order chi connectivity index (χ1) is 9.68. The fraction of sp³-hybridized carbons (Fsp3) is 1.00. The number of methoxy groups -OCH3 is 2. The molecule has 0 heterocycles. The van der Waals surface area contributed by atoms with Crippen molar-refractivity contribution in [2.45, 2.75) is 26.7 Å². The van der Waals surface area contributed by atoms with Crippen molar-refractivity contribution in [3.05, 3.63) is 0 Å². The minimum Gasteiger partial charge on any atom is -0.383 e. The molecule has 0 rings (SSSR count). The van der Waals surface area contributed by atoms with Crippen molar-refractivity contribution in [1.29, 1.82) is 0 Å². The first-order valence-corrected chi connectivity index (χ1v) is 7.52. The van der Waals surface area contributed by atoms with Crippen LogP contribution in [-0.2, 0) is 18.9 Å². The topological polar surface area (TPSA) is 49.0 Å². The Kier molecular flexibility index (Phi) is 13.6. The highest BCUT2D eigenvalue weighted by molar-refractivity contribution is 4.75. The lowest BCUT2D eigenvalue weighted by molar-refractivity contribution is 0.0171. The zero-order valence-electron chi connectivity index (χ0n) is 13.7. The van der Waals surface area contributed by atoms with Gasteiger partial charge < -0.3 is 24.3 Å².